The number of benzene rings is 1. The Hall–Kier alpha value is -2.44. The van der Waals surface area contributed by atoms with Gasteiger partial charge in [-0.05, 0) is 12.1 Å². The van der Waals surface area contributed by atoms with Crippen LogP contribution in [0.4, 0.5) is 10.1 Å². The molecule has 1 aliphatic rings. The van der Waals surface area contributed by atoms with Crippen LogP contribution >= 0.6 is 0 Å². The molecule has 0 spiro atoms. The van der Waals surface area contributed by atoms with Crippen molar-refractivity contribution in [2.45, 2.75) is 0 Å². The van der Waals surface area contributed by atoms with Crippen LogP contribution < -0.4 is 10.9 Å². The van der Waals surface area contributed by atoms with Crippen molar-refractivity contribution in [3.8, 4) is 0 Å². The molecule has 2 rings (SSSR count). The van der Waals surface area contributed by atoms with E-state index >= 15 is 0 Å². The summed E-state index contributed by atoms with van der Waals surface area (Å²) in [5.41, 5.74) is 3.69. The molecular formula is C9H6FN3O3. The van der Waals surface area contributed by atoms with E-state index in [1.165, 1.54) is 18.2 Å². The Morgan fingerprint density at radius 2 is 2.06 bits per heavy atom. The fourth-order valence-electron chi connectivity index (χ4n) is 1.05. The Bertz CT molecular complexity index is 469. The summed E-state index contributed by atoms with van der Waals surface area (Å²) in [6.45, 7) is 0. The Balaban J connectivity index is 2.18. The maximum absolute atomic E-state index is 13.1. The van der Waals surface area contributed by atoms with Gasteiger partial charge in [-0.1, -0.05) is 12.1 Å². The third kappa shape index (κ3) is 1.83. The molecule has 7 heteroatoms. The molecule has 0 bridgehead atoms. The first kappa shape index (κ1) is 10.1. The van der Waals surface area contributed by atoms with Crippen molar-refractivity contribution >= 4 is 23.3 Å². The maximum Gasteiger partial charge on any atom is 0.388 e. The molecule has 0 saturated carbocycles. The number of hydrogen-bond donors (Lipinski definition) is 2. The van der Waals surface area contributed by atoms with E-state index in [0.29, 0.717) is 0 Å². The van der Waals surface area contributed by atoms with Crippen molar-refractivity contribution < 1.29 is 18.8 Å². The second-order valence-electron chi connectivity index (χ2n) is 2.87. The zero-order chi connectivity index (χ0) is 11.5. The molecule has 82 valence electrons. The van der Waals surface area contributed by atoms with Crippen molar-refractivity contribution in [3.05, 3.63) is 30.1 Å². The molecule has 2 N–H and O–H groups in total. The molecule has 0 aromatic heterocycles. The minimum Gasteiger partial charge on any atom is -0.333 e. The van der Waals surface area contributed by atoms with E-state index in [1.54, 1.807) is 6.07 Å². The van der Waals surface area contributed by atoms with Gasteiger partial charge in [0, 0.05) is 0 Å². The lowest BCUT2D eigenvalue weighted by molar-refractivity contribution is -0.142. The van der Waals surface area contributed by atoms with Crippen molar-refractivity contribution in [1.29, 1.82) is 0 Å². The zero-order valence-electron chi connectivity index (χ0n) is 7.86. The predicted octanol–water partition coefficient (Wildman–Crippen LogP) is 0.182. The van der Waals surface area contributed by atoms with Crippen LogP contribution in [0.25, 0.3) is 0 Å². The first-order valence-electron chi connectivity index (χ1n) is 4.28. The number of rotatable bonds is 2. The van der Waals surface area contributed by atoms with Crippen molar-refractivity contribution in [2.75, 3.05) is 5.43 Å². The summed E-state index contributed by atoms with van der Waals surface area (Å²) in [6.07, 6.45) is 0. The van der Waals surface area contributed by atoms with Crippen LogP contribution in [0.2, 0.25) is 0 Å². The Morgan fingerprint density at radius 3 is 2.69 bits per heavy atom. The van der Waals surface area contributed by atoms with E-state index in [0.717, 1.165) is 0 Å². The SMILES string of the molecule is O=C1NOC(=O)/C1=N\Nc1ccccc1F. The highest BCUT2D eigenvalue weighted by Crippen LogP contribution is 2.12. The number of carbonyl (C=O) groups is 2. The lowest BCUT2D eigenvalue weighted by Gasteiger charge is -2.00. The summed E-state index contributed by atoms with van der Waals surface area (Å²) in [7, 11) is 0. The van der Waals surface area contributed by atoms with Gasteiger partial charge < -0.3 is 4.84 Å². The van der Waals surface area contributed by atoms with Gasteiger partial charge in [0.2, 0.25) is 5.71 Å². The van der Waals surface area contributed by atoms with E-state index in [4.69, 9.17) is 0 Å². The molecule has 1 fully saturated rings. The van der Waals surface area contributed by atoms with Crippen molar-refractivity contribution in [1.82, 2.24) is 5.48 Å². The minimum absolute atomic E-state index is 0.0579. The molecule has 1 amide bonds. The smallest absolute Gasteiger partial charge is 0.333 e. The van der Waals surface area contributed by atoms with Gasteiger partial charge in [0.15, 0.2) is 0 Å². The van der Waals surface area contributed by atoms with Gasteiger partial charge in [-0.3, -0.25) is 10.2 Å². The molecule has 0 radical (unpaired) electrons. The highest BCUT2D eigenvalue weighted by Gasteiger charge is 2.30. The molecule has 1 saturated heterocycles. The van der Waals surface area contributed by atoms with Crippen LogP contribution in [0, 0.1) is 5.82 Å². The van der Waals surface area contributed by atoms with Gasteiger partial charge in [-0.2, -0.15) is 10.6 Å². The normalized spacial score (nSPS) is 17.2. The van der Waals surface area contributed by atoms with E-state index in [-0.39, 0.29) is 5.69 Å². The average Bonchev–Trinajstić information content (AvgIpc) is 2.58. The van der Waals surface area contributed by atoms with Gasteiger partial charge in [-0.25, -0.2) is 9.18 Å². The molecule has 0 atom stereocenters. The number of carbonyl (C=O) groups excluding carboxylic acids is 2. The monoisotopic (exact) mass is 223 g/mol. The highest BCUT2D eigenvalue weighted by molar-refractivity contribution is 6.65. The largest absolute Gasteiger partial charge is 0.388 e. The first-order chi connectivity index (χ1) is 7.68. The molecule has 0 unspecified atom stereocenters. The Kier molecular flexibility index (Phi) is 2.50. The highest BCUT2D eigenvalue weighted by atomic mass is 19.1. The summed E-state index contributed by atoms with van der Waals surface area (Å²) in [5.74, 6) is -2.22. The van der Waals surface area contributed by atoms with Gasteiger partial charge >= 0.3 is 11.9 Å². The fraction of sp³-hybridized carbons (Fsp3) is 0. The van der Waals surface area contributed by atoms with Crippen LogP contribution in [0.1, 0.15) is 0 Å². The average molecular weight is 223 g/mol. The van der Waals surface area contributed by atoms with Crippen molar-refractivity contribution in [2.24, 2.45) is 5.10 Å². The number of hydroxylamine groups is 1. The first-order valence-corrected chi connectivity index (χ1v) is 4.28. The quantitative estimate of drug-likeness (QED) is 0.701. The van der Waals surface area contributed by atoms with Crippen LogP contribution in [0.3, 0.4) is 0 Å². The minimum atomic E-state index is -0.908. The number of para-hydroxylation sites is 1. The summed E-state index contributed by atoms with van der Waals surface area (Å²) in [4.78, 5) is 26.1. The fourth-order valence-corrected chi connectivity index (χ4v) is 1.05. The summed E-state index contributed by atoms with van der Waals surface area (Å²) < 4.78 is 13.1. The number of hydrazone groups is 1. The van der Waals surface area contributed by atoms with Crippen LogP contribution in [-0.2, 0) is 14.4 Å². The lowest BCUT2D eigenvalue weighted by Crippen LogP contribution is -2.20. The Labute approximate surface area is 89.0 Å². The third-order valence-electron chi connectivity index (χ3n) is 1.81. The van der Waals surface area contributed by atoms with Gasteiger partial charge in [0.05, 0.1) is 5.69 Å². The van der Waals surface area contributed by atoms with Crippen LogP contribution in [0.15, 0.2) is 29.4 Å². The summed E-state index contributed by atoms with van der Waals surface area (Å²) in [5, 5.41) is 3.46. The molecule has 16 heavy (non-hydrogen) atoms. The Morgan fingerprint density at radius 1 is 1.31 bits per heavy atom. The summed E-state index contributed by atoms with van der Waals surface area (Å²) >= 11 is 0. The number of nitrogens with one attached hydrogen (secondary N) is 2. The van der Waals surface area contributed by atoms with E-state index in [2.05, 4.69) is 15.4 Å². The second kappa shape index (κ2) is 3.97. The van der Waals surface area contributed by atoms with Gasteiger partial charge in [0.25, 0.3) is 0 Å². The molecule has 6 nitrogen and oxygen atoms in total. The molecule has 0 aliphatic carbocycles. The van der Waals surface area contributed by atoms with E-state index < -0.39 is 23.4 Å². The topological polar surface area (TPSA) is 79.8 Å². The number of hydrogen-bond acceptors (Lipinski definition) is 5. The molecular weight excluding hydrogens is 217 g/mol. The predicted molar refractivity (Wildman–Crippen MR) is 51.7 cm³/mol. The van der Waals surface area contributed by atoms with E-state index in [9.17, 15) is 14.0 Å². The zero-order valence-corrected chi connectivity index (χ0v) is 7.86. The molecule has 1 aliphatic heterocycles. The number of amides is 1. The summed E-state index contributed by atoms with van der Waals surface area (Å²) in [6, 6.07) is 5.72. The standard InChI is InChI=1S/C9H6FN3O3/c10-5-3-1-2-4-6(5)11-12-7-8(14)13-16-9(7)15/h1-4,11H,(H,13,14)/b12-7-. The third-order valence-corrected chi connectivity index (χ3v) is 1.81. The van der Waals surface area contributed by atoms with Gasteiger partial charge in [-0.15, -0.1) is 0 Å². The lowest BCUT2D eigenvalue weighted by atomic mass is 10.3. The molecule has 1 heterocycles. The van der Waals surface area contributed by atoms with E-state index in [1.807, 2.05) is 5.48 Å². The maximum atomic E-state index is 13.1. The van der Waals surface area contributed by atoms with Crippen LogP contribution in [-0.4, -0.2) is 17.6 Å². The number of anilines is 1. The second-order valence-corrected chi connectivity index (χ2v) is 2.87. The number of nitrogens with zero attached hydrogens (tertiary/aromatic N) is 1. The molecule has 1 aromatic rings. The molecule has 1 aromatic carbocycles. The van der Waals surface area contributed by atoms with Gasteiger partial charge in [0.1, 0.15) is 5.82 Å². The van der Waals surface area contributed by atoms with Crippen molar-refractivity contribution in [3.63, 3.8) is 0 Å². The van der Waals surface area contributed by atoms with Crippen LogP contribution in [0.5, 0.6) is 0 Å². The number of halogens is 1.